The maximum Gasteiger partial charge on any atom is 0.283 e. The third kappa shape index (κ3) is 2.49. The van der Waals surface area contributed by atoms with Gasteiger partial charge in [-0.05, 0) is 30.3 Å². The number of hydrogen-bond donors (Lipinski definition) is 1. The molecule has 2 aromatic carbocycles. The van der Waals surface area contributed by atoms with E-state index in [1.54, 1.807) is 12.1 Å². The maximum atomic E-state index is 13.7. The summed E-state index contributed by atoms with van der Waals surface area (Å²) in [5.74, 6) is -1.22. The smallest absolute Gasteiger partial charge is 0.283 e. The van der Waals surface area contributed by atoms with Gasteiger partial charge in [0.15, 0.2) is 0 Å². The molecule has 0 aliphatic heterocycles. The van der Waals surface area contributed by atoms with Crippen LogP contribution in [0, 0.1) is 11.6 Å². The number of fused-ring (bicyclic) bond motifs is 2. The Morgan fingerprint density at radius 2 is 2.00 bits per heavy atom. The largest absolute Gasteiger partial charge is 0.328 e. The van der Waals surface area contributed by atoms with E-state index in [1.807, 2.05) is 0 Å². The van der Waals surface area contributed by atoms with Gasteiger partial charge in [0.2, 0.25) is 10.1 Å². The summed E-state index contributed by atoms with van der Waals surface area (Å²) in [6, 6.07) is 7.81. The van der Waals surface area contributed by atoms with Gasteiger partial charge in [-0.1, -0.05) is 22.9 Å². The van der Waals surface area contributed by atoms with Gasteiger partial charge in [-0.2, -0.15) is 4.52 Å². The van der Waals surface area contributed by atoms with Crippen LogP contribution in [0.5, 0.6) is 0 Å². The fraction of sp³-hybridized carbons (Fsp3) is 0. The second-order valence-electron chi connectivity index (χ2n) is 4.93. The van der Waals surface area contributed by atoms with E-state index in [0.717, 1.165) is 34.1 Å². The van der Waals surface area contributed by atoms with E-state index in [0.29, 0.717) is 20.9 Å². The zero-order chi connectivity index (χ0) is 16.8. The quantitative estimate of drug-likeness (QED) is 0.584. The summed E-state index contributed by atoms with van der Waals surface area (Å²) in [6.07, 6.45) is 0. The van der Waals surface area contributed by atoms with Crippen molar-refractivity contribution in [3.8, 4) is 0 Å². The van der Waals surface area contributed by atoms with E-state index in [2.05, 4.69) is 15.4 Å². The number of rotatable bonds is 2. The Morgan fingerprint density at radius 3 is 2.83 bits per heavy atom. The molecule has 24 heavy (non-hydrogen) atoms. The average molecular weight is 365 g/mol. The fourth-order valence-electron chi connectivity index (χ4n) is 2.24. The lowest BCUT2D eigenvalue weighted by atomic mass is 10.2. The lowest BCUT2D eigenvalue weighted by Gasteiger charge is -2.02. The van der Waals surface area contributed by atoms with E-state index >= 15 is 0 Å². The molecular weight excluding hydrogens is 358 g/mol. The first-order chi connectivity index (χ1) is 11.5. The highest BCUT2D eigenvalue weighted by molar-refractivity contribution is 7.20. The topological polar surface area (TPSA) is 59.3 Å². The molecule has 0 aliphatic carbocycles. The second-order valence-corrected chi connectivity index (χ2v) is 6.32. The summed E-state index contributed by atoms with van der Waals surface area (Å²) in [6.45, 7) is 0. The lowest BCUT2D eigenvalue weighted by molar-refractivity contribution is 0.603. The van der Waals surface area contributed by atoms with Gasteiger partial charge in [0, 0.05) is 11.1 Å². The van der Waals surface area contributed by atoms with E-state index in [9.17, 15) is 13.6 Å². The van der Waals surface area contributed by atoms with Gasteiger partial charge in [-0.25, -0.2) is 13.8 Å². The van der Waals surface area contributed by atoms with Crippen molar-refractivity contribution in [2.75, 3.05) is 5.32 Å². The Balaban J connectivity index is 1.86. The molecule has 0 spiro atoms. The Bertz CT molecular complexity index is 1160. The summed E-state index contributed by atoms with van der Waals surface area (Å²) >= 11 is 6.95. The van der Waals surface area contributed by atoms with Crippen LogP contribution in [-0.2, 0) is 0 Å². The molecule has 0 fully saturated rings. The minimum Gasteiger partial charge on any atom is -0.328 e. The van der Waals surface area contributed by atoms with Gasteiger partial charge >= 0.3 is 0 Å². The van der Waals surface area contributed by atoms with Gasteiger partial charge < -0.3 is 5.32 Å². The van der Waals surface area contributed by atoms with E-state index in [-0.39, 0.29) is 16.4 Å². The van der Waals surface area contributed by atoms with E-state index in [1.165, 1.54) is 6.07 Å². The SMILES string of the molecule is O=c1c2cc(Cl)ccc2nc2sc(Nc3cc(F)ccc3F)nn12. The normalized spacial score (nSPS) is 11.3. The number of anilines is 2. The van der Waals surface area contributed by atoms with Crippen LogP contribution in [0.1, 0.15) is 0 Å². The van der Waals surface area contributed by atoms with Crippen LogP contribution in [0.3, 0.4) is 0 Å². The third-order valence-electron chi connectivity index (χ3n) is 3.33. The number of benzene rings is 2. The van der Waals surface area contributed by atoms with Crippen LogP contribution in [0.25, 0.3) is 15.9 Å². The van der Waals surface area contributed by atoms with Gasteiger partial charge in [0.25, 0.3) is 5.56 Å². The van der Waals surface area contributed by atoms with Crippen LogP contribution in [0.4, 0.5) is 19.6 Å². The molecule has 1 N–H and O–H groups in total. The van der Waals surface area contributed by atoms with Gasteiger partial charge in [0.05, 0.1) is 16.6 Å². The average Bonchev–Trinajstić information content (AvgIpc) is 2.95. The molecule has 4 rings (SSSR count). The monoisotopic (exact) mass is 364 g/mol. The highest BCUT2D eigenvalue weighted by atomic mass is 35.5. The first kappa shape index (κ1) is 15.0. The minimum atomic E-state index is -0.632. The first-order valence-electron chi connectivity index (χ1n) is 6.72. The Labute approximate surface area is 142 Å². The zero-order valence-corrected chi connectivity index (χ0v) is 13.3. The number of hydrogen-bond acceptors (Lipinski definition) is 5. The van der Waals surface area contributed by atoms with Crippen molar-refractivity contribution < 1.29 is 8.78 Å². The molecule has 2 heterocycles. The van der Waals surface area contributed by atoms with Crippen molar-refractivity contribution in [1.82, 2.24) is 14.6 Å². The van der Waals surface area contributed by atoms with Crippen LogP contribution >= 0.6 is 22.9 Å². The molecule has 2 aromatic heterocycles. The number of nitrogens with one attached hydrogen (secondary N) is 1. The molecule has 120 valence electrons. The lowest BCUT2D eigenvalue weighted by Crippen LogP contribution is -2.15. The number of nitrogens with zero attached hydrogens (tertiary/aromatic N) is 3. The van der Waals surface area contributed by atoms with E-state index in [4.69, 9.17) is 11.6 Å². The van der Waals surface area contributed by atoms with E-state index < -0.39 is 11.6 Å². The first-order valence-corrected chi connectivity index (χ1v) is 7.92. The molecule has 0 bridgehead atoms. The van der Waals surface area contributed by atoms with Crippen molar-refractivity contribution in [1.29, 1.82) is 0 Å². The highest BCUT2D eigenvalue weighted by Gasteiger charge is 2.13. The fourth-order valence-corrected chi connectivity index (χ4v) is 3.22. The minimum absolute atomic E-state index is 0.0743. The standard InChI is InChI=1S/C15H7ClF2N4OS/c16-7-1-4-11-9(5-7)13(23)22-15(20-11)24-14(21-22)19-12-6-8(17)2-3-10(12)18/h1-6H,(H,19,21). The van der Waals surface area contributed by atoms with Crippen LogP contribution < -0.4 is 10.9 Å². The maximum absolute atomic E-state index is 13.7. The molecule has 0 radical (unpaired) electrons. The summed E-state index contributed by atoms with van der Waals surface area (Å²) < 4.78 is 28.1. The molecule has 9 heteroatoms. The summed E-state index contributed by atoms with van der Waals surface area (Å²) in [5.41, 5.74) is 0.0211. The molecule has 0 unspecified atom stereocenters. The van der Waals surface area contributed by atoms with Crippen molar-refractivity contribution in [2.24, 2.45) is 0 Å². The van der Waals surface area contributed by atoms with Gasteiger partial charge in [0.1, 0.15) is 11.6 Å². The van der Waals surface area contributed by atoms with Crippen molar-refractivity contribution >= 4 is 49.6 Å². The Hall–Kier alpha value is -2.58. The predicted molar refractivity (Wildman–Crippen MR) is 89.3 cm³/mol. The summed E-state index contributed by atoms with van der Waals surface area (Å²) in [7, 11) is 0. The number of halogens is 3. The molecule has 0 aliphatic rings. The third-order valence-corrected chi connectivity index (χ3v) is 4.39. The van der Waals surface area contributed by atoms with Crippen LogP contribution in [0.15, 0.2) is 41.2 Å². The molecule has 0 saturated carbocycles. The molecule has 0 saturated heterocycles. The molecule has 0 atom stereocenters. The Kier molecular flexibility index (Phi) is 3.43. The van der Waals surface area contributed by atoms with Crippen LogP contribution in [-0.4, -0.2) is 14.6 Å². The molecular formula is C15H7ClF2N4OS. The summed E-state index contributed by atoms with van der Waals surface area (Å²) in [5, 5.41) is 7.69. The summed E-state index contributed by atoms with van der Waals surface area (Å²) in [4.78, 5) is 17.1. The molecule has 0 amide bonds. The number of aromatic nitrogens is 3. The Morgan fingerprint density at radius 1 is 1.17 bits per heavy atom. The van der Waals surface area contributed by atoms with Crippen molar-refractivity contribution in [2.45, 2.75) is 0 Å². The molecule has 5 nitrogen and oxygen atoms in total. The van der Waals surface area contributed by atoms with Gasteiger partial charge in [-0.15, -0.1) is 5.10 Å². The van der Waals surface area contributed by atoms with Gasteiger partial charge in [-0.3, -0.25) is 4.79 Å². The van der Waals surface area contributed by atoms with Crippen LogP contribution in [0.2, 0.25) is 5.02 Å². The zero-order valence-electron chi connectivity index (χ0n) is 11.8. The second kappa shape index (κ2) is 5.50. The highest BCUT2D eigenvalue weighted by Crippen LogP contribution is 2.25. The molecule has 4 aromatic rings. The van der Waals surface area contributed by atoms with Crippen molar-refractivity contribution in [3.05, 3.63) is 63.4 Å². The van der Waals surface area contributed by atoms with Crippen molar-refractivity contribution in [3.63, 3.8) is 0 Å². The predicted octanol–water partition coefficient (Wildman–Crippen LogP) is 3.98.